The van der Waals surface area contributed by atoms with Crippen LogP contribution in [0.15, 0.2) is 24.3 Å². The Kier molecular flexibility index (Phi) is 5.45. The molecule has 0 saturated heterocycles. The second-order valence-corrected chi connectivity index (χ2v) is 4.03. The molecule has 0 aliphatic carbocycles. The van der Waals surface area contributed by atoms with E-state index >= 15 is 0 Å². The lowest BCUT2D eigenvalue weighted by atomic mass is 10.3. The number of hydrogen-bond acceptors (Lipinski definition) is 4. The smallest absolute Gasteiger partial charge is 0.261 e. The molecule has 0 spiro atoms. The van der Waals surface area contributed by atoms with Crippen molar-refractivity contribution in [1.29, 1.82) is 0 Å². The minimum Gasteiger partial charge on any atom is -0.497 e. The fourth-order valence-corrected chi connectivity index (χ4v) is 1.32. The van der Waals surface area contributed by atoms with E-state index in [1.54, 1.807) is 45.2 Å². The molecule has 0 aliphatic rings. The Bertz CT molecular complexity index is 377. The van der Waals surface area contributed by atoms with Gasteiger partial charge in [0.1, 0.15) is 11.5 Å². The van der Waals surface area contributed by atoms with Crippen LogP contribution in [0.3, 0.4) is 0 Å². The molecule has 1 aromatic rings. The Morgan fingerprint density at radius 1 is 1.28 bits per heavy atom. The molecule has 1 rings (SSSR count). The summed E-state index contributed by atoms with van der Waals surface area (Å²) in [4.78, 5) is 11.7. The third-order valence-corrected chi connectivity index (χ3v) is 2.40. The molecule has 1 aromatic carbocycles. The topological polar surface area (TPSA) is 67.8 Å². The first kappa shape index (κ1) is 14.3. The van der Waals surface area contributed by atoms with Crippen molar-refractivity contribution in [3.63, 3.8) is 0 Å². The first-order valence-corrected chi connectivity index (χ1v) is 5.78. The van der Waals surface area contributed by atoms with Crippen molar-refractivity contribution in [1.82, 2.24) is 5.32 Å². The van der Waals surface area contributed by atoms with E-state index in [2.05, 4.69) is 5.32 Å². The van der Waals surface area contributed by atoms with E-state index in [0.29, 0.717) is 5.75 Å². The number of methoxy groups -OCH3 is 1. The molecule has 0 aromatic heterocycles. The maximum Gasteiger partial charge on any atom is 0.261 e. The van der Waals surface area contributed by atoms with Gasteiger partial charge in [0, 0.05) is 6.04 Å². The number of carbonyl (C=O) groups excluding carboxylic acids is 1. The summed E-state index contributed by atoms with van der Waals surface area (Å²) in [6.45, 7) is 3.28. The molecule has 18 heavy (non-hydrogen) atoms. The molecule has 0 radical (unpaired) electrons. The summed E-state index contributed by atoms with van der Waals surface area (Å²) < 4.78 is 10.5. The van der Waals surface area contributed by atoms with Gasteiger partial charge in [0.25, 0.3) is 5.91 Å². The molecule has 1 amide bonds. The number of aliphatic hydroxyl groups excluding tert-OH is 1. The summed E-state index contributed by atoms with van der Waals surface area (Å²) in [6, 6.07) is 6.71. The van der Waals surface area contributed by atoms with Gasteiger partial charge in [-0.2, -0.15) is 0 Å². The first-order valence-electron chi connectivity index (χ1n) is 5.78. The zero-order valence-electron chi connectivity index (χ0n) is 10.8. The van der Waals surface area contributed by atoms with Gasteiger partial charge in [-0.05, 0) is 38.1 Å². The van der Waals surface area contributed by atoms with Crippen LogP contribution in [0, 0.1) is 0 Å². The minimum absolute atomic E-state index is 0.0962. The van der Waals surface area contributed by atoms with Crippen LogP contribution in [0.1, 0.15) is 13.8 Å². The fraction of sp³-hybridized carbons (Fsp3) is 0.462. The monoisotopic (exact) mass is 253 g/mol. The lowest BCUT2D eigenvalue weighted by molar-refractivity contribution is -0.128. The number of benzene rings is 1. The van der Waals surface area contributed by atoms with Crippen molar-refractivity contribution in [3.05, 3.63) is 24.3 Å². The maximum absolute atomic E-state index is 11.7. The van der Waals surface area contributed by atoms with Gasteiger partial charge in [-0.25, -0.2) is 0 Å². The second-order valence-electron chi connectivity index (χ2n) is 4.03. The average Bonchev–Trinajstić information content (AvgIpc) is 2.39. The number of nitrogens with one attached hydrogen (secondary N) is 1. The largest absolute Gasteiger partial charge is 0.497 e. The zero-order valence-corrected chi connectivity index (χ0v) is 10.8. The van der Waals surface area contributed by atoms with Crippen molar-refractivity contribution in [2.24, 2.45) is 0 Å². The molecule has 2 N–H and O–H groups in total. The van der Waals surface area contributed by atoms with Crippen LogP contribution >= 0.6 is 0 Å². The quantitative estimate of drug-likeness (QED) is 0.792. The molecule has 5 nitrogen and oxygen atoms in total. The van der Waals surface area contributed by atoms with Crippen molar-refractivity contribution in [2.75, 3.05) is 13.7 Å². The van der Waals surface area contributed by atoms with E-state index in [0.717, 1.165) is 5.75 Å². The van der Waals surface area contributed by atoms with Crippen LogP contribution < -0.4 is 14.8 Å². The second kappa shape index (κ2) is 6.86. The lowest BCUT2D eigenvalue weighted by Crippen LogP contribution is -2.42. The van der Waals surface area contributed by atoms with Crippen LogP contribution in [0.2, 0.25) is 0 Å². The van der Waals surface area contributed by atoms with Gasteiger partial charge in [-0.1, -0.05) is 0 Å². The van der Waals surface area contributed by atoms with E-state index in [9.17, 15) is 4.79 Å². The van der Waals surface area contributed by atoms with Gasteiger partial charge >= 0.3 is 0 Å². The van der Waals surface area contributed by atoms with Crippen LogP contribution in [0.4, 0.5) is 0 Å². The predicted octanol–water partition coefficient (Wildman–Crippen LogP) is 0.959. The molecule has 0 saturated carbocycles. The first-order chi connectivity index (χ1) is 8.56. The molecule has 0 aliphatic heterocycles. The van der Waals surface area contributed by atoms with E-state index in [1.165, 1.54) is 0 Å². The average molecular weight is 253 g/mol. The van der Waals surface area contributed by atoms with Crippen molar-refractivity contribution in [2.45, 2.75) is 26.0 Å². The van der Waals surface area contributed by atoms with E-state index in [1.807, 2.05) is 0 Å². The molecule has 2 unspecified atom stereocenters. The molecule has 0 bridgehead atoms. The van der Waals surface area contributed by atoms with E-state index in [-0.39, 0.29) is 18.6 Å². The summed E-state index contributed by atoms with van der Waals surface area (Å²) in [5.74, 6) is 1.07. The molecule has 100 valence electrons. The van der Waals surface area contributed by atoms with Gasteiger partial charge in [-0.15, -0.1) is 0 Å². The number of aliphatic hydroxyl groups is 1. The Labute approximate surface area is 107 Å². The summed E-state index contributed by atoms with van der Waals surface area (Å²) in [5.41, 5.74) is 0. The third kappa shape index (κ3) is 4.25. The van der Waals surface area contributed by atoms with Crippen molar-refractivity contribution < 1.29 is 19.4 Å². The Balaban J connectivity index is 2.52. The van der Waals surface area contributed by atoms with Crippen molar-refractivity contribution in [3.8, 4) is 11.5 Å². The Morgan fingerprint density at radius 2 is 1.83 bits per heavy atom. The molecule has 2 atom stereocenters. The molecule has 0 heterocycles. The standard InChI is InChI=1S/C13H19NO4/c1-9(8-15)14-13(16)10(2)18-12-6-4-11(17-3)5-7-12/h4-7,9-10,15H,8H2,1-3H3,(H,14,16). The molecule has 0 fully saturated rings. The predicted molar refractivity (Wildman–Crippen MR) is 67.8 cm³/mol. The van der Waals surface area contributed by atoms with Crippen LogP contribution in [0.25, 0.3) is 0 Å². The fourth-order valence-electron chi connectivity index (χ4n) is 1.32. The lowest BCUT2D eigenvalue weighted by Gasteiger charge is -2.17. The summed E-state index contributed by atoms with van der Waals surface area (Å²) in [7, 11) is 1.59. The number of amides is 1. The van der Waals surface area contributed by atoms with E-state index < -0.39 is 6.10 Å². The zero-order chi connectivity index (χ0) is 13.5. The highest BCUT2D eigenvalue weighted by Gasteiger charge is 2.16. The highest BCUT2D eigenvalue weighted by Crippen LogP contribution is 2.18. The maximum atomic E-state index is 11.7. The molecular weight excluding hydrogens is 234 g/mol. The summed E-state index contributed by atoms with van der Waals surface area (Å²) in [5, 5.41) is 11.5. The SMILES string of the molecule is COc1ccc(OC(C)C(=O)NC(C)CO)cc1. The van der Waals surface area contributed by atoms with Gasteiger partial charge in [0.15, 0.2) is 6.10 Å². The van der Waals surface area contributed by atoms with Gasteiger partial charge in [0.05, 0.1) is 13.7 Å². The summed E-state index contributed by atoms with van der Waals surface area (Å²) >= 11 is 0. The normalized spacial score (nSPS) is 13.6. The van der Waals surface area contributed by atoms with Crippen molar-refractivity contribution >= 4 is 5.91 Å². The highest BCUT2D eigenvalue weighted by molar-refractivity contribution is 5.80. The minimum atomic E-state index is -0.618. The Morgan fingerprint density at radius 3 is 2.33 bits per heavy atom. The van der Waals surface area contributed by atoms with Gasteiger partial charge < -0.3 is 19.9 Å². The summed E-state index contributed by atoms with van der Waals surface area (Å²) in [6.07, 6.45) is -0.618. The highest BCUT2D eigenvalue weighted by atomic mass is 16.5. The number of hydrogen-bond donors (Lipinski definition) is 2. The molecule has 5 heteroatoms. The number of carbonyl (C=O) groups is 1. The van der Waals surface area contributed by atoms with Crippen LogP contribution in [-0.4, -0.2) is 36.9 Å². The number of rotatable bonds is 6. The van der Waals surface area contributed by atoms with Gasteiger partial charge in [0.2, 0.25) is 0 Å². The van der Waals surface area contributed by atoms with Crippen LogP contribution in [-0.2, 0) is 4.79 Å². The third-order valence-electron chi connectivity index (χ3n) is 2.40. The van der Waals surface area contributed by atoms with Crippen LogP contribution in [0.5, 0.6) is 11.5 Å². The van der Waals surface area contributed by atoms with Gasteiger partial charge in [-0.3, -0.25) is 4.79 Å². The Hall–Kier alpha value is -1.75. The number of ether oxygens (including phenoxy) is 2. The van der Waals surface area contributed by atoms with E-state index in [4.69, 9.17) is 14.6 Å². The molecular formula is C13H19NO4.